The Bertz CT molecular complexity index is 1320. The van der Waals surface area contributed by atoms with Crippen molar-refractivity contribution in [2.45, 2.75) is 6.04 Å². The molecule has 28 heavy (non-hydrogen) atoms. The zero-order valence-corrected chi connectivity index (χ0v) is 16.5. The first-order chi connectivity index (χ1) is 13.8. The van der Waals surface area contributed by atoms with E-state index >= 15 is 0 Å². The van der Waals surface area contributed by atoms with Crippen LogP contribution in [0, 0.1) is 0 Å². The predicted molar refractivity (Wildman–Crippen MR) is 116 cm³/mol. The minimum atomic E-state index is -0.168. The third kappa shape index (κ3) is 3.09. The molecule has 5 heteroatoms. The highest BCUT2D eigenvalue weighted by atomic mass is 32.1. The van der Waals surface area contributed by atoms with Crippen LogP contribution >= 0.6 is 22.7 Å². The molecule has 1 aliphatic rings. The van der Waals surface area contributed by atoms with Crippen molar-refractivity contribution >= 4 is 34.4 Å². The predicted octanol–water partition coefficient (Wildman–Crippen LogP) is 4.06. The van der Waals surface area contributed by atoms with Crippen LogP contribution in [0.2, 0.25) is 0 Å². The van der Waals surface area contributed by atoms with Gasteiger partial charge >= 0.3 is 0 Å². The van der Waals surface area contributed by atoms with Gasteiger partial charge in [0.25, 0.3) is 5.56 Å². The maximum Gasteiger partial charge on any atom is 0.271 e. The van der Waals surface area contributed by atoms with Crippen LogP contribution in [0.3, 0.4) is 0 Å². The van der Waals surface area contributed by atoms with Crippen LogP contribution in [0.25, 0.3) is 11.8 Å². The summed E-state index contributed by atoms with van der Waals surface area (Å²) in [6, 6.07) is 24.1. The number of hydrogen-bond acceptors (Lipinski definition) is 4. The molecule has 4 aromatic rings. The minimum Gasteiger partial charge on any atom is -0.272 e. The second-order valence-electron chi connectivity index (χ2n) is 6.47. The summed E-state index contributed by atoms with van der Waals surface area (Å²) in [4.78, 5) is 19.9. The van der Waals surface area contributed by atoms with E-state index < -0.39 is 0 Å². The summed E-state index contributed by atoms with van der Waals surface area (Å²) in [6.45, 7) is 0. The van der Waals surface area contributed by atoms with Crippen molar-refractivity contribution in [3.63, 3.8) is 0 Å². The molecule has 5 rings (SSSR count). The van der Waals surface area contributed by atoms with E-state index in [9.17, 15) is 4.79 Å². The summed E-state index contributed by atoms with van der Waals surface area (Å²) in [5.74, 6) is 0. The number of fused-ring (bicyclic) bond motifs is 1. The summed E-state index contributed by atoms with van der Waals surface area (Å²) in [5, 5.41) is 2.02. The van der Waals surface area contributed by atoms with E-state index in [4.69, 9.17) is 4.99 Å². The van der Waals surface area contributed by atoms with Crippen molar-refractivity contribution < 1.29 is 0 Å². The Hall–Kier alpha value is -3.02. The first-order valence-electron chi connectivity index (χ1n) is 8.97. The van der Waals surface area contributed by atoms with Gasteiger partial charge in [-0.15, -0.1) is 11.3 Å². The first kappa shape index (κ1) is 17.1. The van der Waals surface area contributed by atoms with Gasteiger partial charge in [-0.25, -0.2) is 4.99 Å². The zero-order chi connectivity index (χ0) is 18.9. The molecule has 0 saturated heterocycles. The number of aromatic nitrogens is 1. The van der Waals surface area contributed by atoms with E-state index in [1.807, 2.05) is 64.6 Å². The van der Waals surface area contributed by atoms with Crippen molar-refractivity contribution in [1.82, 2.24) is 4.57 Å². The molecule has 0 N–H and O–H groups in total. The molecule has 0 fully saturated rings. The van der Waals surface area contributed by atoms with E-state index in [1.54, 1.807) is 11.3 Å². The van der Waals surface area contributed by atoms with E-state index in [2.05, 4.69) is 30.3 Å². The van der Waals surface area contributed by atoms with E-state index in [0.717, 1.165) is 26.5 Å². The topological polar surface area (TPSA) is 34.4 Å². The quantitative estimate of drug-likeness (QED) is 0.511. The Morgan fingerprint density at radius 2 is 1.68 bits per heavy atom. The maximum absolute atomic E-state index is 13.2. The molecule has 0 spiro atoms. The molecule has 2 aromatic carbocycles. The van der Waals surface area contributed by atoms with Crippen LogP contribution in [-0.4, -0.2) is 4.57 Å². The average Bonchev–Trinajstić information content (AvgIpc) is 3.37. The van der Waals surface area contributed by atoms with Crippen LogP contribution in [-0.2, 0) is 0 Å². The molecule has 0 bridgehead atoms. The highest BCUT2D eigenvalue weighted by molar-refractivity contribution is 7.11. The third-order valence-corrected chi connectivity index (χ3v) is 6.48. The van der Waals surface area contributed by atoms with Gasteiger partial charge in [0.05, 0.1) is 16.3 Å². The lowest BCUT2D eigenvalue weighted by Crippen LogP contribution is -2.36. The Labute approximate surface area is 169 Å². The van der Waals surface area contributed by atoms with Crippen molar-refractivity contribution in [1.29, 1.82) is 0 Å². The normalized spacial score (nSPS) is 16.4. The highest BCUT2D eigenvalue weighted by Gasteiger charge is 2.22. The summed E-state index contributed by atoms with van der Waals surface area (Å²) >= 11 is 3.08. The number of thiophene rings is 1. The maximum atomic E-state index is 13.2. The molecule has 1 atom stereocenters. The van der Waals surface area contributed by atoms with Crippen LogP contribution < -0.4 is 14.9 Å². The van der Waals surface area contributed by atoms with E-state index in [0.29, 0.717) is 4.53 Å². The molecule has 0 amide bonds. The van der Waals surface area contributed by atoms with Crippen LogP contribution in [0.15, 0.2) is 94.0 Å². The zero-order valence-electron chi connectivity index (χ0n) is 14.9. The molecule has 3 nitrogen and oxygen atoms in total. The Morgan fingerprint density at radius 1 is 0.929 bits per heavy atom. The monoisotopic (exact) mass is 400 g/mol. The van der Waals surface area contributed by atoms with Gasteiger partial charge in [0, 0.05) is 4.88 Å². The second-order valence-corrected chi connectivity index (χ2v) is 8.46. The highest BCUT2D eigenvalue weighted by Crippen LogP contribution is 2.26. The average molecular weight is 401 g/mol. The Kier molecular flexibility index (Phi) is 4.39. The summed E-state index contributed by atoms with van der Waals surface area (Å²) in [7, 11) is 0. The lowest BCUT2D eigenvalue weighted by molar-refractivity contribution is 0.644. The van der Waals surface area contributed by atoms with Crippen molar-refractivity contribution in [2.24, 2.45) is 4.99 Å². The number of nitrogens with zero attached hydrogens (tertiary/aromatic N) is 2. The lowest BCUT2D eigenvalue weighted by Gasteiger charge is -2.19. The van der Waals surface area contributed by atoms with Gasteiger partial charge in [-0.2, -0.15) is 0 Å². The van der Waals surface area contributed by atoms with Gasteiger partial charge in [-0.1, -0.05) is 78.1 Å². The Morgan fingerprint density at radius 3 is 2.39 bits per heavy atom. The van der Waals surface area contributed by atoms with Gasteiger partial charge in [-0.3, -0.25) is 9.36 Å². The molecule has 0 unspecified atom stereocenters. The van der Waals surface area contributed by atoms with Crippen LogP contribution in [0.1, 0.15) is 22.0 Å². The lowest BCUT2D eigenvalue weighted by atomic mass is 10.0. The van der Waals surface area contributed by atoms with Gasteiger partial charge < -0.3 is 0 Å². The fraction of sp³-hybridized carbons (Fsp3) is 0.0435. The van der Waals surface area contributed by atoms with E-state index in [-0.39, 0.29) is 11.6 Å². The minimum absolute atomic E-state index is 0.00867. The molecular formula is C23H16N2OS2. The largest absolute Gasteiger partial charge is 0.272 e. The van der Waals surface area contributed by atoms with Crippen molar-refractivity contribution in [3.8, 4) is 0 Å². The number of rotatable bonds is 3. The molecule has 3 heterocycles. The molecular weight excluding hydrogens is 384 g/mol. The molecule has 1 aliphatic heterocycles. The SMILES string of the molecule is O=c1/c(=C\c2cccs2)sc2n1[C@H](c1ccccc1)C=C(c1ccccc1)N=2. The Balaban J connectivity index is 1.76. The van der Waals surface area contributed by atoms with Gasteiger partial charge in [-0.05, 0) is 34.7 Å². The summed E-state index contributed by atoms with van der Waals surface area (Å²) < 4.78 is 2.52. The number of allylic oxidation sites excluding steroid dienone is 1. The molecule has 0 radical (unpaired) electrons. The third-order valence-electron chi connectivity index (χ3n) is 4.67. The van der Waals surface area contributed by atoms with E-state index in [1.165, 1.54) is 11.3 Å². The van der Waals surface area contributed by atoms with Crippen LogP contribution in [0.4, 0.5) is 0 Å². The fourth-order valence-electron chi connectivity index (χ4n) is 3.34. The summed E-state index contributed by atoms with van der Waals surface area (Å²) in [5.41, 5.74) is 3.04. The molecule has 136 valence electrons. The van der Waals surface area contributed by atoms with Gasteiger partial charge in [0.1, 0.15) is 0 Å². The van der Waals surface area contributed by atoms with Crippen LogP contribution in [0.5, 0.6) is 0 Å². The summed E-state index contributed by atoms with van der Waals surface area (Å²) in [6.07, 6.45) is 4.05. The number of benzene rings is 2. The van der Waals surface area contributed by atoms with Gasteiger partial charge in [0.2, 0.25) is 0 Å². The number of hydrogen-bond donors (Lipinski definition) is 0. The number of thiazole rings is 1. The van der Waals surface area contributed by atoms with Gasteiger partial charge in [0.15, 0.2) is 4.80 Å². The van der Waals surface area contributed by atoms with Crippen molar-refractivity contribution in [2.75, 3.05) is 0 Å². The molecule has 0 aliphatic carbocycles. The molecule has 2 aromatic heterocycles. The fourth-order valence-corrected chi connectivity index (χ4v) is 5.08. The smallest absolute Gasteiger partial charge is 0.271 e. The molecule has 0 saturated carbocycles. The first-order valence-corrected chi connectivity index (χ1v) is 10.7. The second kappa shape index (κ2) is 7.19. The standard InChI is InChI=1S/C23H16N2OS2/c26-22-21(14-18-12-7-13-27-18)28-23-24-19(16-8-3-1-4-9-16)15-20(25(22)23)17-10-5-2-6-11-17/h1-15,20H/b21-14+/t20-/m0/s1. The van der Waals surface area contributed by atoms with Crippen molar-refractivity contribution in [3.05, 3.63) is 120 Å².